The third-order valence-corrected chi connectivity index (χ3v) is 2.31. The summed E-state index contributed by atoms with van der Waals surface area (Å²) >= 11 is 0. The SMILES string of the molecule is CCCc1nnnn1C(CC(C)C)C(=O)O. The third-order valence-electron chi connectivity index (χ3n) is 2.31. The summed E-state index contributed by atoms with van der Waals surface area (Å²) in [7, 11) is 0. The molecule has 6 heteroatoms. The van der Waals surface area contributed by atoms with Crippen molar-refractivity contribution in [3.8, 4) is 0 Å². The van der Waals surface area contributed by atoms with Gasteiger partial charge in [-0.05, 0) is 29.2 Å². The maximum atomic E-state index is 11.2. The number of hydrogen-bond donors (Lipinski definition) is 1. The zero-order valence-corrected chi connectivity index (χ0v) is 9.92. The monoisotopic (exact) mass is 226 g/mol. The topological polar surface area (TPSA) is 80.9 Å². The van der Waals surface area contributed by atoms with E-state index in [1.165, 1.54) is 4.68 Å². The van der Waals surface area contributed by atoms with Crippen molar-refractivity contribution in [3.05, 3.63) is 5.82 Å². The van der Waals surface area contributed by atoms with Crippen molar-refractivity contribution in [2.45, 2.75) is 46.1 Å². The third kappa shape index (κ3) is 3.01. The Kier molecular flexibility index (Phi) is 4.39. The van der Waals surface area contributed by atoms with Gasteiger partial charge in [0, 0.05) is 6.42 Å². The molecule has 90 valence electrons. The van der Waals surface area contributed by atoms with Crippen molar-refractivity contribution in [3.63, 3.8) is 0 Å². The van der Waals surface area contributed by atoms with Crippen LogP contribution < -0.4 is 0 Å². The molecule has 0 aliphatic heterocycles. The molecule has 0 fully saturated rings. The first-order valence-electron chi connectivity index (χ1n) is 5.55. The Bertz CT molecular complexity index is 348. The number of carboxylic acid groups (broad SMARTS) is 1. The van der Waals surface area contributed by atoms with E-state index in [1.807, 2.05) is 20.8 Å². The van der Waals surface area contributed by atoms with Crippen LogP contribution in [0.2, 0.25) is 0 Å². The fourth-order valence-electron chi connectivity index (χ4n) is 1.59. The van der Waals surface area contributed by atoms with Crippen LogP contribution in [0, 0.1) is 5.92 Å². The van der Waals surface area contributed by atoms with Gasteiger partial charge in [-0.1, -0.05) is 20.8 Å². The number of carbonyl (C=O) groups is 1. The molecule has 0 saturated carbocycles. The second-order valence-electron chi connectivity index (χ2n) is 4.27. The van der Waals surface area contributed by atoms with Crippen LogP contribution in [0.25, 0.3) is 0 Å². The minimum Gasteiger partial charge on any atom is -0.480 e. The van der Waals surface area contributed by atoms with Gasteiger partial charge in [-0.2, -0.15) is 0 Å². The van der Waals surface area contributed by atoms with Crippen molar-refractivity contribution in [2.75, 3.05) is 0 Å². The van der Waals surface area contributed by atoms with E-state index < -0.39 is 12.0 Å². The van der Waals surface area contributed by atoms with Crippen LogP contribution in [0.4, 0.5) is 0 Å². The van der Waals surface area contributed by atoms with Crippen LogP contribution in [0.15, 0.2) is 0 Å². The highest BCUT2D eigenvalue weighted by Crippen LogP contribution is 2.18. The van der Waals surface area contributed by atoms with E-state index in [2.05, 4.69) is 15.5 Å². The Hall–Kier alpha value is -1.46. The van der Waals surface area contributed by atoms with Gasteiger partial charge in [-0.25, -0.2) is 9.48 Å². The number of tetrazole rings is 1. The first-order chi connectivity index (χ1) is 7.56. The van der Waals surface area contributed by atoms with E-state index in [0.29, 0.717) is 24.6 Å². The summed E-state index contributed by atoms with van der Waals surface area (Å²) in [5.74, 6) is 0.0636. The van der Waals surface area contributed by atoms with Crippen LogP contribution in [0.1, 0.15) is 45.5 Å². The summed E-state index contributed by atoms with van der Waals surface area (Å²) in [6, 6.07) is -0.656. The van der Waals surface area contributed by atoms with Gasteiger partial charge < -0.3 is 5.11 Å². The van der Waals surface area contributed by atoms with Gasteiger partial charge in [0.05, 0.1) is 0 Å². The minimum atomic E-state index is -0.877. The first kappa shape index (κ1) is 12.6. The molecule has 1 aromatic heterocycles. The molecular formula is C10H18N4O2. The lowest BCUT2D eigenvalue weighted by molar-refractivity contribution is -0.141. The van der Waals surface area contributed by atoms with E-state index in [9.17, 15) is 9.90 Å². The van der Waals surface area contributed by atoms with Gasteiger partial charge in [0.1, 0.15) is 0 Å². The summed E-state index contributed by atoms with van der Waals surface area (Å²) in [6.45, 7) is 5.98. The van der Waals surface area contributed by atoms with E-state index >= 15 is 0 Å². The van der Waals surface area contributed by atoms with E-state index in [-0.39, 0.29) is 0 Å². The largest absolute Gasteiger partial charge is 0.480 e. The molecule has 0 radical (unpaired) electrons. The van der Waals surface area contributed by atoms with Crippen LogP contribution in [-0.4, -0.2) is 31.3 Å². The van der Waals surface area contributed by atoms with Gasteiger partial charge in [0.15, 0.2) is 11.9 Å². The number of hydrogen-bond acceptors (Lipinski definition) is 4. The molecule has 16 heavy (non-hydrogen) atoms. The second kappa shape index (κ2) is 5.58. The Morgan fingerprint density at radius 2 is 2.19 bits per heavy atom. The van der Waals surface area contributed by atoms with E-state index in [4.69, 9.17) is 0 Å². The second-order valence-corrected chi connectivity index (χ2v) is 4.27. The predicted octanol–water partition coefficient (Wildman–Crippen LogP) is 1.30. The quantitative estimate of drug-likeness (QED) is 0.790. The lowest BCUT2D eigenvalue weighted by Gasteiger charge is -2.15. The highest BCUT2D eigenvalue weighted by atomic mass is 16.4. The molecule has 0 spiro atoms. The average molecular weight is 226 g/mol. The smallest absolute Gasteiger partial charge is 0.328 e. The Morgan fingerprint density at radius 3 is 2.69 bits per heavy atom. The molecule has 1 heterocycles. The molecule has 0 aliphatic carbocycles. The highest BCUT2D eigenvalue weighted by Gasteiger charge is 2.24. The molecular weight excluding hydrogens is 208 g/mol. The van der Waals surface area contributed by atoms with Crippen molar-refractivity contribution < 1.29 is 9.90 Å². The number of rotatable bonds is 6. The number of aryl methyl sites for hydroxylation is 1. The maximum Gasteiger partial charge on any atom is 0.328 e. The minimum absolute atomic E-state index is 0.291. The summed E-state index contributed by atoms with van der Waals surface area (Å²) in [4.78, 5) is 11.2. The summed E-state index contributed by atoms with van der Waals surface area (Å²) in [5.41, 5.74) is 0. The molecule has 0 aliphatic rings. The van der Waals surface area contributed by atoms with E-state index in [0.717, 1.165) is 6.42 Å². The van der Waals surface area contributed by atoms with Crippen molar-refractivity contribution in [1.29, 1.82) is 0 Å². The summed E-state index contributed by atoms with van der Waals surface area (Å²) in [5, 5.41) is 20.4. The van der Waals surface area contributed by atoms with Crippen LogP contribution >= 0.6 is 0 Å². The Labute approximate surface area is 94.7 Å². The number of carboxylic acids is 1. The Morgan fingerprint density at radius 1 is 1.50 bits per heavy atom. The Balaban J connectivity index is 2.91. The standard InChI is InChI=1S/C10H18N4O2/c1-4-5-9-11-12-13-14(9)8(10(15)16)6-7(2)3/h7-8H,4-6H2,1-3H3,(H,15,16). The molecule has 6 nitrogen and oxygen atoms in total. The zero-order valence-electron chi connectivity index (χ0n) is 9.92. The fourth-order valence-corrected chi connectivity index (χ4v) is 1.59. The van der Waals surface area contributed by atoms with Crippen LogP contribution in [-0.2, 0) is 11.2 Å². The van der Waals surface area contributed by atoms with Gasteiger partial charge in [-0.3, -0.25) is 0 Å². The van der Waals surface area contributed by atoms with Gasteiger partial charge in [0.2, 0.25) is 0 Å². The van der Waals surface area contributed by atoms with Gasteiger partial charge >= 0.3 is 5.97 Å². The molecule has 0 bridgehead atoms. The maximum absolute atomic E-state index is 11.2. The summed E-state index contributed by atoms with van der Waals surface area (Å²) in [6.07, 6.45) is 2.14. The lowest BCUT2D eigenvalue weighted by Crippen LogP contribution is -2.24. The fraction of sp³-hybridized carbons (Fsp3) is 0.800. The molecule has 0 saturated heterocycles. The molecule has 0 aromatic carbocycles. The van der Waals surface area contributed by atoms with Crippen molar-refractivity contribution >= 4 is 5.97 Å². The molecule has 0 amide bonds. The van der Waals surface area contributed by atoms with Crippen molar-refractivity contribution in [1.82, 2.24) is 20.2 Å². The van der Waals surface area contributed by atoms with Gasteiger partial charge in [0.25, 0.3) is 0 Å². The zero-order chi connectivity index (χ0) is 12.1. The average Bonchev–Trinajstić information content (AvgIpc) is 2.62. The summed E-state index contributed by atoms with van der Waals surface area (Å²) < 4.78 is 1.44. The number of nitrogens with zero attached hydrogens (tertiary/aromatic N) is 4. The van der Waals surface area contributed by atoms with Crippen molar-refractivity contribution in [2.24, 2.45) is 5.92 Å². The van der Waals surface area contributed by atoms with Crippen LogP contribution in [0.5, 0.6) is 0 Å². The molecule has 1 rings (SSSR count). The molecule has 1 unspecified atom stereocenters. The van der Waals surface area contributed by atoms with Crippen LogP contribution in [0.3, 0.4) is 0 Å². The normalized spacial score (nSPS) is 13.0. The molecule has 1 N–H and O–H groups in total. The lowest BCUT2D eigenvalue weighted by atomic mass is 10.0. The predicted molar refractivity (Wildman–Crippen MR) is 57.9 cm³/mol. The first-order valence-corrected chi connectivity index (χ1v) is 5.55. The molecule has 1 aromatic rings. The molecule has 1 atom stereocenters. The highest BCUT2D eigenvalue weighted by molar-refractivity contribution is 5.71. The van der Waals surface area contributed by atoms with E-state index in [1.54, 1.807) is 0 Å². The number of aromatic nitrogens is 4. The van der Waals surface area contributed by atoms with Gasteiger partial charge in [-0.15, -0.1) is 5.10 Å². The number of aliphatic carboxylic acids is 1.